The molecule has 0 spiro atoms. The zero-order valence-electron chi connectivity index (χ0n) is 32.6. The maximum absolute atomic E-state index is 17.3. The van der Waals surface area contributed by atoms with E-state index in [1.165, 1.54) is 12.1 Å². The number of halogens is 3. The quantitative estimate of drug-likeness (QED) is 0.137. The van der Waals surface area contributed by atoms with Crippen molar-refractivity contribution in [1.82, 2.24) is 14.9 Å². The van der Waals surface area contributed by atoms with Crippen LogP contribution in [0, 0.1) is 23.1 Å². The Bertz CT molecular complexity index is 2130. The van der Waals surface area contributed by atoms with Crippen molar-refractivity contribution in [3.8, 4) is 34.4 Å². The van der Waals surface area contributed by atoms with E-state index in [-0.39, 0.29) is 41.6 Å². The fourth-order valence-corrected chi connectivity index (χ4v) is 15.3. The largest absolute Gasteiger partial charge is 0.508 e. The van der Waals surface area contributed by atoms with Gasteiger partial charge in [-0.05, 0) is 91.0 Å². The van der Waals surface area contributed by atoms with Gasteiger partial charge in [0.1, 0.15) is 43.8 Å². The summed E-state index contributed by atoms with van der Waals surface area (Å²) in [6.07, 6.45) is 2.50. The van der Waals surface area contributed by atoms with Gasteiger partial charge in [0.15, 0.2) is 5.82 Å². The monoisotopic (exact) mass is 758 g/mol. The molecule has 3 atom stereocenters. The Hall–Kier alpha value is -3.85. The van der Waals surface area contributed by atoms with E-state index in [2.05, 4.69) is 62.9 Å². The van der Waals surface area contributed by atoms with E-state index in [1.54, 1.807) is 31.2 Å². The Morgan fingerprint density at radius 2 is 1.69 bits per heavy atom. The molecule has 3 aliphatic heterocycles. The highest BCUT2D eigenvalue weighted by Crippen LogP contribution is 2.44. The Kier molecular flexibility index (Phi) is 10.2. The number of nitrogens with zero attached hydrogens (tertiary/aromatic N) is 4. The van der Waals surface area contributed by atoms with Crippen LogP contribution in [0.15, 0.2) is 36.4 Å². The lowest BCUT2D eigenvalue weighted by atomic mass is 9.92. The van der Waals surface area contributed by atoms with Crippen LogP contribution in [0.4, 0.5) is 19.0 Å². The summed E-state index contributed by atoms with van der Waals surface area (Å²) in [5.74, 6) is 2.44. The highest BCUT2D eigenvalue weighted by molar-refractivity contribution is 6.90. The number of alkyl halides is 1. The predicted octanol–water partition coefficient (Wildman–Crippen LogP) is 9.31. The van der Waals surface area contributed by atoms with Crippen LogP contribution < -0.4 is 9.64 Å². The van der Waals surface area contributed by atoms with E-state index in [0.29, 0.717) is 76.5 Å². The van der Waals surface area contributed by atoms with E-state index in [1.807, 2.05) is 4.90 Å². The van der Waals surface area contributed by atoms with Crippen LogP contribution in [0.1, 0.15) is 86.1 Å². The van der Waals surface area contributed by atoms with Crippen LogP contribution in [-0.2, 0) is 0 Å². The number of aromatic hydroxyl groups is 1. The Balaban J connectivity index is 1.41. The minimum atomic E-state index is -2.27. The molecule has 7 nitrogen and oxygen atoms in total. The number of anilines is 1. The molecule has 3 aromatic carbocycles. The highest BCUT2D eigenvalue weighted by Gasteiger charge is 2.49. The van der Waals surface area contributed by atoms with Gasteiger partial charge >= 0.3 is 6.01 Å². The van der Waals surface area contributed by atoms with E-state index in [9.17, 15) is 14.6 Å². The number of aromatic nitrogens is 2. The number of hydrogen-bond acceptors (Lipinski definition) is 7. The number of phenolic OH excluding ortho intramolecular Hbond substituents is 1. The number of β-amino-alcohol motifs (C(OH)–C–C–N with tert-alkyl or cyclic N) is 1. The molecule has 54 heavy (non-hydrogen) atoms. The van der Waals surface area contributed by atoms with Gasteiger partial charge in [0.05, 0.1) is 16.7 Å². The van der Waals surface area contributed by atoms with Crippen molar-refractivity contribution in [3.63, 3.8) is 0 Å². The first kappa shape index (κ1) is 38.4. The highest BCUT2D eigenvalue weighted by atomic mass is 28.3. The van der Waals surface area contributed by atoms with Gasteiger partial charge < -0.3 is 19.8 Å². The summed E-state index contributed by atoms with van der Waals surface area (Å²) in [4.78, 5) is 13.5. The number of hydrogen-bond donors (Lipinski definition) is 2. The van der Waals surface area contributed by atoms with E-state index in [4.69, 9.17) is 9.72 Å². The van der Waals surface area contributed by atoms with Crippen molar-refractivity contribution in [2.45, 2.75) is 115 Å². The topological polar surface area (TPSA) is 82.0 Å². The first-order valence-corrected chi connectivity index (χ1v) is 21.8. The van der Waals surface area contributed by atoms with Gasteiger partial charge in [0, 0.05) is 42.4 Å². The summed E-state index contributed by atoms with van der Waals surface area (Å²) in [5.41, 5.74) is 3.75. The van der Waals surface area contributed by atoms with Crippen LogP contribution in [0.5, 0.6) is 11.8 Å². The number of fused-ring (bicyclic) bond motifs is 3. The van der Waals surface area contributed by atoms with Crippen LogP contribution in [0.3, 0.4) is 0 Å². The normalized spacial score (nSPS) is 23.5. The minimum Gasteiger partial charge on any atom is -0.508 e. The summed E-state index contributed by atoms with van der Waals surface area (Å²) >= 11 is 0. The predicted molar refractivity (Wildman–Crippen MR) is 213 cm³/mol. The first-order valence-electron chi connectivity index (χ1n) is 19.5. The zero-order valence-corrected chi connectivity index (χ0v) is 33.6. The van der Waals surface area contributed by atoms with Gasteiger partial charge in [-0.3, -0.25) is 4.90 Å². The molecule has 0 bridgehead atoms. The number of ether oxygens (including phenoxy) is 1. The Morgan fingerprint density at radius 3 is 2.39 bits per heavy atom. The van der Waals surface area contributed by atoms with Crippen molar-refractivity contribution in [3.05, 3.63) is 53.6 Å². The lowest BCUT2D eigenvalue weighted by Gasteiger charge is -2.38. The van der Waals surface area contributed by atoms with E-state index < -0.39 is 37.0 Å². The zero-order chi connectivity index (χ0) is 38.7. The van der Waals surface area contributed by atoms with Gasteiger partial charge in [0.25, 0.3) is 0 Å². The first-order chi connectivity index (χ1) is 25.5. The third kappa shape index (κ3) is 6.73. The summed E-state index contributed by atoms with van der Waals surface area (Å²) in [6, 6.07) is 9.27. The van der Waals surface area contributed by atoms with Gasteiger partial charge in [-0.2, -0.15) is 9.97 Å². The SMILES string of the molecule is CC(C)[Si](C#Cc1c(F)ccc2cc(O)cc(-c3ccc4c(N5CCC[C@@](C)(O)C5)nc(OC[C@@]56CCCN5C[C@H](F)C6)nc4c3F)c12)(C(C)C)C(C)C. The van der Waals surface area contributed by atoms with E-state index in [0.717, 1.165) is 19.4 Å². The van der Waals surface area contributed by atoms with Crippen molar-refractivity contribution < 1.29 is 28.1 Å². The molecule has 0 radical (unpaired) electrons. The Morgan fingerprint density at radius 1 is 0.963 bits per heavy atom. The second-order valence-electron chi connectivity index (χ2n) is 17.2. The smallest absolute Gasteiger partial charge is 0.319 e. The van der Waals surface area contributed by atoms with E-state index >= 15 is 8.78 Å². The fraction of sp³-hybridized carbons (Fsp3) is 0.535. The Labute approximate surface area is 317 Å². The minimum absolute atomic E-state index is 0.000313. The third-order valence-electron chi connectivity index (χ3n) is 12.6. The molecule has 0 saturated carbocycles. The van der Waals surface area contributed by atoms with Gasteiger partial charge in [-0.15, -0.1) is 5.54 Å². The van der Waals surface area contributed by atoms with Gasteiger partial charge in [-0.25, -0.2) is 13.2 Å². The van der Waals surface area contributed by atoms with Crippen molar-refractivity contribution in [1.29, 1.82) is 0 Å². The van der Waals surface area contributed by atoms with Crippen molar-refractivity contribution in [2.24, 2.45) is 0 Å². The second kappa shape index (κ2) is 14.3. The van der Waals surface area contributed by atoms with Crippen LogP contribution in [0.2, 0.25) is 16.6 Å². The van der Waals surface area contributed by atoms with Crippen molar-refractivity contribution >= 4 is 35.6 Å². The van der Waals surface area contributed by atoms with Crippen LogP contribution in [-0.4, -0.2) is 83.3 Å². The molecule has 1 aromatic heterocycles. The van der Waals surface area contributed by atoms with Gasteiger partial charge in [0.2, 0.25) is 0 Å². The molecule has 2 N–H and O–H groups in total. The molecule has 0 unspecified atom stereocenters. The molecule has 0 aliphatic carbocycles. The average molecular weight is 759 g/mol. The lowest BCUT2D eigenvalue weighted by Crippen LogP contribution is -2.46. The number of benzene rings is 3. The molecular formula is C43H53F3N4O3Si. The molecule has 3 aliphatic rings. The maximum atomic E-state index is 17.3. The standard InChI is InChI=1S/C43H53F3N4O3Si/c1-26(2)54(27(3)4,28(5)6)19-14-33-36(45)13-10-29-20-31(51)21-35(37(29)33)32-11-12-34-39(38(32)46)47-41(48-40(34)49-17-8-15-42(7,52)24-49)53-25-43-16-9-18-50(43)23-30(44)22-43/h10-13,20-21,26-28,30,51-52H,8-9,15-18,22-25H2,1-7H3/t30-,42-,43+/m1/s1. The van der Waals surface area contributed by atoms with Crippen LogP contribution in [0.25, 0.3) is 32.8 Å². The van der Waals surface area contributed by atoms with Crippen molar-refractivity contribution in [2.75, 3.05) is 37.7 Å². The number of piperidine rings is 1. The average Bonchev–Trinajstić information content (AvgIpc) is 3.63. The number of rotatable bonds is 8. The third-order valence-corrected chi connectivity index (χ3v) is 18.9. The molecule has 11 heteroatoms. The summed E-state index contributed by atoms with van der Waals surface area (Å²) in [6.45, 7) is 17.2. The second-order valence-corrected chi connectivity index (χ2v) is 22.8. The maximum Gasteiger partial charge on any atom is 0.319 e. The molecule has 7 rings (SSSR count). The summed E-state index contributed by atoms with van der Waals surface area (Å²) in [7, 11) is -2.27. The summed E-state index contributed by atoms with van der Waals surface area (Å²) < 4.78 is 54.3. The molecular weight excluding hydrogens is 706 g/mol. The van der Waals surface area contributed by atoms with Crippen LogP contribution >= 0.6 is 0 Å². The number of phenols is 1. The molecule has 3 fully saturated rings. The van der Waals surface area contributed by atoms with Gasteiger partial charge in [-0.1, -0.05) is 59.6 Å². The lowest BCUT2D eigenvalue weighted by molar-refractivity contribution is 0.0447. The molecule has 4 aromatic rings. The summed E-state index contributed by atoms with van der Waals surface area (Å²) in [5, 5.41) is 23.4. The number of aliphatic hydroxyl groups is 1. The fourth-order valence-electron chi connectivity index (χ4n) is 10.1. The molecule has 0 amide bonds. The molecule has 288 valence electrons. The molecule has 4 heterocycles. The molecule has 3 saturated heterocycles.